The maximum atomic E-state index is 8.34. The van der Waals surface area contributed by atoms with E-state index in [2.05, 4.69) is 24.0 Å². The number of nitrogens with two attached hydrogens (primary N) is 1. The molecule has 0 heterocycles. The first-order chi connectivity index (χ1) is 7.20. The average Bonchev–Trinajstić information content (AvgIpc) is 2.24. The monoisotopic (exact) mass is 215 g/mol. The van der Waals surface area contributed by atoms with E-state index in [0.717, 1.165) is 19.4 Å². The van der Waals surface area contributed by atoms with Gasteiger partial charge in [0.1, 0.15) is 5.84 Å². The zero-order chi connectivity index (χ0) is 11.5. The van der Waals surface area contributed by atoms with Crippen molar-refractivity contribution in [1.29, 1.82) is 0 Å². The third-order valence-electron chi connectivity index (χ3n) is 2.49. The first-order valence-corrected chi connectivity index (χ1v) is 5.85. The van der Waals surface area contributed by atoms with Crippen LogP contribution in [0.1, 0.15) is 45.4 Å². The van der Waals surface area contributed by atoms with E-state index in [1.807, 2.05) is 0 Å². The number of amidine groups is 1. The molecule has 4 heteroatoms. The van der Waals surface area contributed by atoms with Crippen LogP contribution in [-0.2, 0) is 0 Å². The van der Waals surface area contributed by atoms with Gasteiger partial charge in [-0.3, -0.25) is 0 Å². The highest BCUT2D eigenvalue weighted by molar-refractivity contribution is 5.79. The third kappa shape index (κ3) is 9.53. The van der Waals surface area contributed by atoms with Crippen LogP contribution in [0.15, 0.2) is 5.16 Å². The smallest absolute Gasteiger partial charge is 0.139 e. The Morgan fingerprint density at radius 3 is 2.33 bits per heavy atom. The molecule has 0 bridgehead atoms. The fraction of sp³-hybridized carbons (Fsp3) is 0.909. The van der Waals surface area contributed by atoms with Crippen molar-refractivity contribution in [2.45, 2.75) is 45.4 Å². The number of oxime groups is 1. The molecule has 0 aliphatic heterocycles. The Morgan fingerprint density at radius 1 is 1.20 bits per heavy atom. The summed E-state index contributed by atoms with van der Waals surface area (Å²) in [6, 6.07) is 0. The molecule has 0 unspecified atom stereocenters. The van der Waals surface area contributed by atoms with Crippen LogP contribution >= 0.6 is 0 Å². The van der Waals surface area contributed by atoms with E-state index < -0.39 is 0 Å². The van der Waals surface area contributed by atoms with Crippen LogP contribution in [-0.4, -0.2) is 36.1 Å². The number of hydrogen-bond acceptors (Lipinski definition) is 3. The summed E-state index contributed by atoms with van der Waals surface area (Å²) < 4.78 is 0. The minimum absolute atomic E-state index is 0.337. The lowest BCUT2D eigenvalue weighted by Crippen LogP contribution is -2.21. The lowest BCUT2D eigenvalue weighted by Gasteiger charge is -2.15. The van der Waals surface area contributed by atoms with E-state index in [0.29, 0.717) is 12.3 Å². The predicted molar refractivity (Wildman–Crippen MR) is 64.3 cm³/mol. The average molecular weight is 215 g/mol. The van der Waals surface area contributed by atoms with Gasteiger partial charge in [0, 0.05) is 6.42 Å². The summed E-state index contributed by atoms with van der Waals surface area (Å²) in [5.41, 5.74) is 5.37. The van der Waals surface area contributed by atoms with Crippen molar-refractivity contribution >= 4 is 5.84 Å². The maximum absolute atomic E-state index is 8.34. The molecule has 3 N–H and O–H groups in total. The maximum Gasteiger partial charge on any atom is 0.139 e. The lowest BCUT2D eigenvalue weighted by atomic mass is 10.2. The Bertz CT molecular complexity index is 171. The molecule has 0 fully saturated rings. The van der Waals surface area contributed by atoms with Crippen molar-refractivity contribution in [1.82, 2.24) is 4.90 Å². The van der Waals surface area contributed by atoms with Gasteiger partial charge in [0.25, 0.3) is 0 Å². The first-order valence-electron chi connectivity index (χ1n) is 5.85. The lowest BCUT2D eigenvalue weighted by molar-refractivity contribution is 0.312. The Labute approximate surface area is 93.1 Å². The fourth-order valence-electron chi connectivity index (χ4n) is 1.48. The van der Waals surface area contributed by atoms with Gasteiger partial charge in [-0.25, -0.2) is 0 Å². The van der Waals surface area contributed by atoms with Crippen molar-refractivity contribution in [3.63, 3.8) is 0 Å². The highest BCUT2D eigenvalue weighted by atomic mass is 16.4. The molecular weight excluding hydrogens is 190 g/mol. The van der Waals surface area contributed by atoms with E-state index in [4.69, 9.17) is 10.9 Å². The second-order valence-corrected chi connectivity index (χ2v) is 4.06. The summed E-state index contributed by atoms with van der Waals surface area (Å²) in [6.45, 7) is 4.50. The summed E-state index contributed by atoms with van der Waals surface area (Å²) in [6.07, 6.45) is 6.67. The number of hydrogen-bond donors (Lipinski definition) is 2. The molecule has 0 atom stereocenters. The fourth-order valence-corrected chi connectivity index (χ4v) is 1.48. The van der Waals surface area contributed by atoms with Gasteiger partial charge in [0.05, 0.1) is 0 Å². The topological polar surface area (TPSA) is 61.8 Å². The van der Waals surface area contributed by atoms with Crippen molar-refractivity contribution in [3.05, 3.63) is 0 Å². The largest absolute Gasteiger partial charge is 0.409 e. The molecule has 0 rings (SSSR count). The number of rotatable bonds is 9. The van der Waals surface area contributed by atoms with Gasteiger partial charge in [-0.15, -0.1) is 0 Å². The van der Waals surface area contributed by atoms with Gasteiger partial charge in [0.2, 0.25) is 0 Å². The second-order valence-electron chi connectivity index (χ2n) is 4.06. The SMILES string of the molecule is CCCCCN(C)CCCCC(N)=NO. The van der Waals surface area contributed by atoms with Gasteiger partial charge >= 0.3 is 0 Å². The van der Waals surface area contributed by atoms with Gasteiger partial charge in [-0.2, -0.15) is 0 Å². The Morgan fingerprint density at radius 2 is 1.80 bits per heavy atom. The normalized spacial score (nSPS) is 12.3. The third-order valence-corrected chi connectivity index (χ3v) is 2.49. The van der Waals surface area contributed by atoms with E-state index in [1.54, 1.807) is 0 Å². The van der Waals surface area contributed by atoms with Crippen LogP contribution in [0.3, 0.4) is 0 Å². The molecule has 0 amide bonds. The van der Waals surface area contributed by atoms with Crippen molar-refractivity contribution in [2.75, 3.05) is 20.1 Å². The highest BCUT2D eigenvalue weighted by Crippen LogP contribution is 2.00. The predicted octanol–water partition coefficient (Wildman–Crippen LogP) is 2.03. The zero-order valence-electron chi connectivity index (χ0n) is 10.1. The highest BCUT2D eigenvalue weighted by Gasteiger charge is 1.98. The van der Waals surface area contributed by atoms with E-state index >= 15 is 0 Å². The quantitative estimate of drug-likeness (QED) is 0.203. The van der Waals surface area contributed by atoms with Crippen LogP contribution in [0, 0.1) is 0 Å². The summed E-state index contributed by atoms with van der Waals surface area (Å²) in [5, 5.41) is 11.3. The minimum Gasteiger partial charge on any atom is -0.409 e. The van der Waals surface area contributed by atoms with Gasteiger partial charge in [0.15, 0.2) is 0 Å². The van der Waals surface area contributed by atoms with E-state index in [-0.39, 0.29) is 0 Å². The van der Waals surface area contributed by atoms with E-state index in [1.165, 1.54) is 25.8 Å². The van der Waals surface area contributed by atoms with Gasteiger partial charge in [-0.05, 0) is 39.4 Å². The molecule has 0 aliphatic rings. The molecule has 0 aromatic rings. The molecule has 0 spiro atoms. The van der Waals surface area contributed by atoms with Crippen LogP contribution < -0.4 is 5.73 Å². The summed E-state index contributed by atoms with van der Waals surface area (Å²) in [7, 11) is 2.15. The van der Waals surface area contributed by atoms with Crippen LogP contribution in [0.25, 0.3) is 0 Å². The van der Waals surface area contributed by atoms with Crippen LogP contribution in [0.5, 0.6) is 0 Å². The van der Waals surface area contributed by atoms with Crippen LogP contribution in [0.2, 0.25) is 0 Å². The summed E-state index contributed by atoms with van der Waals surface area (Å²) >= 11 is 0. The number of nitrogens with zero attached hydrogens (tertiary/aromatic N) is 2. The van der Waals surface area contributed by atoms with Crippen molar-refractivity contribution < 1.29 is 5.21 Å². The molecule has 0 aromatic carbocycles. The Balaban J connectivity index is 3.27. The summed E-state index contributed by atoms with van der Waals surface area (Å²) in [4.78, 5) is 2.35. The standard InChI is InChI=1S/C11H25N3O/c1-3-4-6-9-14(2)10-7-5-8-11(12)13-15/h15H,3-10H2,1-2H3,(H2,12,13). The molecule has 0 saturated carbocycles. The molecule has 0 aliphatic carbocycles. The second kappa shape index (κ2) is 9.77. The minimum atomic E-state index is 0.337. The van der Waals surface area contributed by atoms with Crippen LogP contribution in [0.4, 0.5) is 0 Å². The molecule has 0 aromatic heterocycles. The molecule has 0 radical (unpaired) electrons. The molecule has 15 heavy (non-hydrogen) atoms. The Hall–Kier alpha value is -0.770. The van der Waals surface area contributed by atoms with Gasteiger partial charge in [-0.1, -0.05) is 24.9 Å². The van der Waals surface area contributed by atoms with Gasteiger partial charge < -0.3 is 15.8 Å². The molecule has 90 valence electrons. The molecule has 0 saturated heterocycles. The summed E-state index contributed by atoms with van der Waals surface area (Å²) in [5.74, 6) is 0.337. The molecular formula is C11H25N3O. The van der Waals surface area contributed by atoms with Crippen molar-refractivity contribution in [2.24, 2.45) is 10.9 Å². The molecule has 4 nitrogen and oxygen atoms in total. The zero-order valence-corrected chi connectivity index (χ0v) is 10.1. The van der Waals surface area contributed by atoms with E-state index in [9.17, 15) is 0 Å². The van der Waals surface area contributed by atoms with Crippen molar-refractivity contribution in [3.8, 4) is 0 Å². The number of unbranched alkanes of at least 4 members (excludes halogenated alkanes) is 3. The Kier molecular flexibility index (Phi) is 9.27. The first kappa shape index (κ1) is 14.2.